The van der Waals surface area contributed by atoms with Crippen LogP contribution in [0, 0.1) is 0 Å². The van der Waals surface area contributed by atoms with Crippen molar-refractivity contribution >= 4 is 63.3 Å². The highest BCUT2D eigenvalue weighted by atomic mass is 32.2. The van der Waals surface area contributed by atoms with Gasteiger partial charge in [-0.3, -0.25) is 0 Å². The molecule has 0 aliphatic rings. The summed E-state index contributed by atoms with van der Waals surface area (Å²) < 4.78 is 140. The predicted molar refractivity (Wildman–Crippen MR) is 153 cm³/mol. The maximum Gasteiger partial charge on any atom is 0.534 e. The normalized spacial score (nSPS) is 13.1. The van der Waals surface area contributed by atoms with Gasteiger partial charge in [0.2, 0.25) is 0 Å². The van der Waals surface area contributed by atoms with E-state index in [4.69, 9.17) is 0 Å². The van der Waals surface area contributed by atoms with Gasteiger partial charge >= 0.3 is 31.3 Å². The van der Waals surface area contributed by atoms with Gasteiger partial charge in [0.25, 0.3) is 0 Å². The highest BCUT2D eigenvalue weighted by Gasteiger charge is 2.50. The molecule has 0 unspecified atom stereocenters. The molecule has 0 saturated heterocycles. The Kier molecular flexibility index (Phi) is 6.70. The van der Waals surface area contributed by atoms with Gasteiger partial charge in [0, 0.05) is 21.9 Å². The molecule has 0 fully saturated rings. The lowest BCUT2D eigenvalue weighted by atomic mass is 9.88. The summed E-state index contributed by atoms with van der Waals surface area (Å²) in [7, 11) is -12.6. The Hall–Kier alpha value is -4.56. The van der Waals surface area contributed by atoms with Crippen LogP contribution in [0.1, 0.15) is 0 Å². The summed E-state index contributed by atoms with van der Waals surface area (Å²) in [4.78, 5) is 0. The molecule has 44 heavy (non-hydrogen) atoms. The Labute approximate surface area is 245 Å². The monoisotopic (exact) mass is 650 g/mol. The highest BCUT2D eigenvalue weighted by Crippen LogP contribution is 2.50. The van der Waals surface area contributed by atoms with Crippen LogP contribution >= 0.6 is 0 Å². The van der Waals surface area contributed by atoms with Crippen LogP contribution < -0.4 is 8.37 Å². The first-order chi connectivity index (χ1) is 20.6. The first-order valence-electron chi connectivity index (χ1n) is 12.5. The molecule has 6 nitrogen and oxygen atoms in total. The topological polar surface area (TPSA) is 86.7 Å². The molecular formula is C30H16F6O6S2. The molecule has 0 spiro atoms. The third-order valence-corrected chi connectivity index (χ3v) is 8.89. The number of benzene rings is 6. The summed E-state index contributed by atoms with van der Waals surface area (Å²) in [6.07, 6.45) is 0. The first-order valence-corrected chi connectivity index (χ1v) is 15.3. The summed E-state index contributed by atoms with van der Waals surface area (Å²) in [5.41, 5.74) is -12.6. The van der Waals surface area contributed by atoms with Crippen molar-refractivity contribution in [2.75, 3.05) is 0 Å². The van der Waals surface area contributed by atoms with E-state index < -0.39 is 53.9 Å². The second-order valence-electron chi connectivity index (χ2n) is 9.61. The van der Waals surface area contributed by atoms with Gasteiger partial charge in [0.15, 0.2) is 11.5 Å². The van der Waals surface area contributed by atoms with Crippen LogP contribution in [0.15, 0.2) is 97.1 Å². The second kappa shape index (κ2) is 9.99. The van der Waals surface area contributed by atoms with Crippen molar-refractivity contribution in [3.63, 3.8) is 0 Å². The van der Waals surface area contributed by atoms with Gasteiger partial charge in [0.1, 0.15) is 0 Å². The van der Waals surface area contributed by atoms with Crippen molar-refractivity contribution in [2.45, 2.75) is 11.0 Å². The lowest BCUT2D eigenvalue weighted by molar-refractivity contribution is -0.0505. The average molecular weight is 651 g/mol. The van der Waals surface area contributed by atoms with E-state index in [1.165, 1.54) is 12.1 Å². The van der Waals surface area contributed by atoms with Crippen LogP contribution in [-0.4, -0.2) is 27.9 Å². The fourth-order valence-corrected chi connectivity index (χ4v) is 6.06. The fourth-order valence-electron chi connectivity index (χ4n) is 5.12. The van der Waals surface area contributed by atoms with Crippen molar-refractivity contribution in [1.29, 1.82) is 0 Å². The molecule has 0 aliphatic carbocycles. The van der Waals surface area contributed by atoms with E-state index in [9.17, 15) is 43.2 Å². The van der Waals surface area contributed by atoms with Gasteiger partial charge in [0.05, 0.1) is 0 Å². The van der Waals surface area contributed by atoms with Gasteiger partial charge in [-0.1, -0.05) is 84.9 Å². The predicted octanol–water partition coefficient (Wildman–Crippen LogP) is 8.42. The molecule has 6 aromatic carbocycles. The minimum atomic E-state index is -6.31. The molecule has 0 heterocycles. The van der Waals surface area contributed by atoms with Crippen molar-refractivity contribution in [2.24, 2.45) is 0 Å². The Balaban J connectivity index is 1.87. The molecule has 0 saturated carbocycles. The summed E-state index contributed by atoms with van der Waals surface area (Å²) in [6.45, 7) is 0. The smallest absolute Gasteiger partial charge is 0.375 e. The summed E-state index contributed by atoms with van der Waals surface area (Å²) in [5.74, 6) is -1.83. The van der Waals surface area contributed by atoms with Crippen molar-refractivity contribution < 1.29 is 51.5 Å². The zero-order valence-corrected chi connectivity index (χ0v) is 23.4. The zero-order valence-electron chi connectivity index (χ0n) is 21.8. The molecule has 226 valence electrons. The van der Waals surface area contributed by atoms with Crippen molar-refractivity contribution in [3.05, 3.63) is 97.1 Å². The molecule has 6 aromatic rings. The van der Waals surface area contributed by atoms with Gasteiger partial charge in [-0.15, -0.1) is 0 Å². The summed E-state index contributed by atoms with van der Waals surface area (Å²) >= 11 is 0. The maximum absolute atomic E-state index is 13.6. The van der Waals surface area contributed by atoms with E-state index >= 15 is 0 Å². The second-order valence-corrected chi connectivity index (χ2v) is 12.7. The molecule has 0 bridgehead atoms. The number of halogens is 6. The van der Waals surface area contributed by atoms with Crippen LogP contribution in [0.5, 0.6) is 11.5 Å². The van der Waals surface area contributed by atoms with E-state index in [1.54, 1.807) is 72.8 Å². The molecular weight excluding hydrogens is 634 g/mol. The van der Waals surface area contributed by atoms with Crippen LogP contribution in [0.4, 0.5) is 26.3 Å². The van der Waals surface area contributed by atoms with Gasteiger partial charge in [-0.05, 0) is 44.5 Å². The van der Waals surface area contributed by atoms with Crippen LogP contribution in [0.3, 0.4) is 0 Å². The lowest BCUT2D eigenvalue weighted by Crippen LogP contribution is -2.28. The Morgan fingerprint density at radius 2 is 0.750 bits per heavy atom. The third kappa shape index (κ3) is 4.83. The number of rotatable bonds is 5. The van der Waals surface area contributed by atoms with E-state index in [0.717, 1.165) is 12.1 Å². The Morgan fingerprint density at radius 1 is 0.432 bits per heavy atom. The van der Waals surface area contributed by atoms with Gasteiger partial charge < -0.3 is 8.37 Å². The van der Waals surface area contributed by atoms with E-state index in [2.05, 4.69) is 8.37 Å². The molecule has 0 aliphatic heterocycles. The van der Waals surface area contributed by atoms with Crippen molar-refractivity contribution in [1.82, 2.24) is 0 Å². The van der Waals surface area contributed by atoms with Crippen molar-refractivity contribution in [3.8, 4) is 22.6 Å². The molecule has 0 N–H and O–H groups in total. The minimum absolute atomic E-state index is 0.0765. The van der Waals surface area contributed by atoms with Gasteiger partial charge in [-0.2, -0.15) is 43.2 Å². The standard InChI is InChI=1S/C30H16F6O6S2/c31-29(32,33)43(37,38)41-23-15-13-19-11-9-17-5-1-3-7-21(17)25(19)27(23)28-24(42-44(39,40)30(34,35)36)16-14-20-12-10-18-6-2-4-8-22(18)26(20)28/h1-16H. The number of hydrogen-bond acceptors (Lipinski definition) is 6. The summed E-state index contributed by atoms with van der Waals surface area (Å²) in [5, 5.41) is 2.60. The number of hydrogen-bond donors (Lipinski definition) is 0. The van der Waals surface area contributed by atoms with E-state index in [0.29, 0.717) is 32.3 Å². The van der Waals surface area contributed by atoms with Gasteiger partial charge in [-0.25, -0.2) is 0 Å². The quantitative estimate of drug-likeness (QED) is 0.0806. The van der Waals surface area contributed by atoms with Crippen LogP contribution in [0.25, 0.3) is 54.2 Å². The van der Waals surface area contributed by atoms with Crippen LogP contribution in [0.2, 0.25) is 0 Å². The summed E-state index contributed by atoms with van der Waals surface area (Å²) in [6, 6.07) is 23.9. The van der Waals surface area contributed by atoms with Crippen LogP contribution in [-0.2, 0) is 20.2 Å². The third-order valence-electron chi connectivity index (χ3n) is 6.96. The van der Waals surface area contributed by atoms with E-state index in [-0.39, 0.29) is 10.8 Å². The van der Waals surface area contributed by atoms with E-state index in [1.807, 2.05) is 0 Å². The molecule has 0 amide bonds. The minimum Gasteiger partial charge on any atom is -0.375 e. The highest BCUT2D eigenvalue weighted by molar-refractivity contribution is 7.88. The average Bonchev–Trinajstić information content (AvgIpc) is 2.95. The molecule has 0 atom stereocenters. The Bertz CT molecular complexity index is 2180. The molecule has 6 rings (SSSR count). The number of fused-ring (bicyclic) bond motifs is 6. The fraction of sp³-hybridized carbons (Fsp3) is 0.0667. The lowest BCUT2D eigenvalue weighted by Gasteiger charge is -2.21. The zero-order chi connectivity index (χ0) is 31.7. The first kappa shape index (κ1) is 29.5. The molecule has 0 radical (unpaired) electrons. The number of alkyl halides is 6. The Morgan fingerprint density at radius 3 is 1.11 bits per heavy atom. The largest absolute Gasteiger partial charge is 0.534 e. The maximum atomic E-state index is 13.6. The SMILES string of the molecule is O=S(=O)(Oc1ccc2ccc3ccccc3c2c1-c1c(OS(=O)(=O)C(F)(F)F)ccc2ccc3ccccc3c12)C(F)(F)F. The molecule has 14 heteroatoms. The molecule has 0 aromatic heterocycles.